The lowest BCUT2D eigenvalue weighted by Gasteiger charge is -2.35. The van der Waals surface area contributed by atoms with Gasteiger partial charge in [-0.05, 0) is 12.8 Å². The van der Waals surface area contributed by atoms with Gasteiger partial charge in [0.05, 0.1) is 12.7 Å². The van der Waals surface area contributed by atoms with Gasteiger partial charge in [0.2, 0.25) is 0 Å². The summed E-state index contributed by atoms with van der Waals surface area (Å²) in [4.78, 5) is 0. The van der Waals surface area contributed by atoms with Crippen molar-refractivity contribution >= 4 is 0 Å². The average Bonchev–Trinajstić information content (AvgIpc) is 1.93. The fourth-order valence-electron chi connectivity index (χ4n) is 1.23. The lowest BCUT2D eigenvalue weighted by atomic mass is 9.92. The molecule has 0 bridgehead atoms. The first kappa shape index (κ1) is 7.55. The summed E-state index contributed by atoms with van der Waals surface area (Å²) in [5.41, 5.74) is 0. The van der Waals surface area contributed by atoms with Crippen molar-refractivity contribution in [2.75, 3.05) is 6.61 Å². The van der Waals surface area contributed by atoms with Crippen LogP contribution < -0.4 is 0 Å². The minimum absolute atomic E-state index is 0.426. The van der Waals surface area contributed by atoms with Gasteiger partial charge in [0, 0.05) is 5.92 Å². The summed E-state index contributed by atoms with van der Waals surface area (Å²) in [5, 5.41) is 0. The third-order valence-electron chi connectivity index (χ3n) is 1.92. The summed E-state index contributed by atoms with van der Waals surface area (Å²) in [7, 11) is 0. The molecule has 1 aliphatic heterocycles. The topological polar surface area (TPSA) is 9.23 Å². The maximum atomic E-state index is 5.32. The summed E-state index contributed by atoms with van der Waals surface area (Å²) < 4.78 is 5.32. The van der Waals surface area contributed by atoms with Crippen LogP contribution >= 0.6 is 0 Å². The van der Waals surface area contributed by atoms with Crippen LogP contribution in [0.1, 0.15) is 12.8 Å². The minimum Gasteiger partial charge on any atom is -0.377 e. The number of hydrogen-bond acceptors (Lipinski definition) is 1. The van der Waals surface area contributed by atoms with E-state index in [1.807, 2.05) is 12.2 Å². The van der Waals surface area contributed by atoms with Gasteiger partial charge in [0.1, 0.15) is 0 Å². The molecule has 0 radical (unpaired) electrons. The Bertz CT molecular complexity index is 113. The molecule has 0 aromatic rings. The molecular weight excluding hydrogens is 124 g/mol. The molecule has 0 aromatic heterocycles. The molecule has 0 spiro atoms. The van der Waals surface area contributed by atoms with Crippen molar-refractivity contribution in [1.82, 2.24) is 0 Å². The van der Waals surface area contributed by atoms with Crippen molar-refractivity contribution in [1.29, 1.82) is 0 Å². The Morgan fingerprint density at radius 3 is 2.40 bits per heavy atom. The number of hydrogen-bond donors (Lipinski definition) is 0. The van der Waals surface area contributed by atoms with E-state index >= 15 is 0 Å². The lowest BCUT2D eigenvalue weighted by molar-refractivity contribution is -0.110. The zero-order valence-corrected chi connectivity index (χ0v) is 6.25. The van der Waals surface area contributed by atoms with Crippen molar-refractivity contribution < 1.29 is 4.74 Å². The van der Waals surface area contributed by atoms with Gasteiger partial charge in [-0.15, -0.1) is 13.2 Å². The molecule has 0 N–H and O–H groups in total. The number of rotatable bonds is 4. The smallest absolute Gasteiger partial charge is 0.0662 e. The Balaban J connectivity index is 2.21. The van der Waals surface area contributed by atoms with Crippen LogP contribution in [0.2, 0.25) is 0 Å². The molecule has 2 unspecified atom stereocenters. The molecule has 0 amide bonds. The standard InChI is InChI=1S/C9H14O/c1-3-5-8-7-10-9(8)6-4-2/h3-4,8-9H,1-2,5-7H2. The molecule has 1 heterocycles. The molecule has 10 heavy (non-hydrogen) atoms. The Morgan fingerprint density at radius 2 is 2.00 bits per heavy atom. The van der Waals surface area contributed by atoms with Gasteiger partial charge in [0.25, 0.3) is 0 Å². The van der Waals surface area contributed by atoms with E-state index in [0.29, 0.717) is 12.0 Å². The first-order chi connectivity index (χ1) is 4.88. The van der Waals surface area contributed by atoms with Crippen molar-refractivity contribution in [3.8, 4) is 0 Å². The molecule has 0 saturated carbocycles. The largest absolute Gasteiger partial charge is 0.377 e. The van der Waals surface area contributed by atoms with Gasteiger partial charge in [-0.1, -0.05) is 12.2 Å². The minimum atomic E-state index is 0.426. The predicted molar refractivity (Wildman–Crippen MR) is 42.9 cm³/mol. The molecule has 0 aliphatic carbocycles. The fraction of sp³-hybridized carbons (Fsp3) is 0.556. The first-order valence-electron chi connectivity index (χ1n) is 3.72. The van der Waals surface area contributed by atoms with E-state index in [-0.39, 0.29) is 0 Å². The maximum Gasteiger partial charge on any atom is 0.0662 e. The van der Waals surface area contributed by atoms with E-state index < -0.39 is 0 Å². The normalized spacial score (nSPS) is 30.8. The van der Waals surface area contributed by atoms with Crippen LogP contribution in [0.5, 0.6) is 0 Å². The predicted octanol–water partition coefficient (Wildman–Crippen LogP) is 2.15. The monoisotopic (exact) mass is 138 g/mol. The van der Waals surface area contributed by atoms with Crippen molar-refractivity contribution in [3.05, 3.63) is 25.3 Å². The summed E-state index contributed by atoms with van der Waals surface area (Å²) in [6, 6.07) is 0. The molecule has 1 rings (SSSR count). The Hall–Kier alpha value is -0.560. The van der Waals surface area contributed by atoms with E-state index in [1.165, 1.54) is 0 Å². The van der Waals surface area contributed by atoms with Crippen molar-refractivity contribution in [3.63, 3.8) is 0 Å². The Labute approximate surface area is 62.4 Å². The third-order valence-corrected chi connectivity index (χ3v) is 1.92. The van der Waals surface area contributed by atoms with Gasteiger partial charge in [0.15, 0.2) is 0 Å². The summed E-state index contributed by atoms with van der Waals surface area (Å²) in [5.74, 6) is 0.704. The van der Waals surface area contributed by atoms with Crippen LogP contribution in [-0.4, -0.2) is 12.7 Å². The van der Waals surface area contributed by atoms with Gasteiger partial charge in [-0.2, -0.15) is 0 Å². The lowest BCUT2D eigenvalue weighted by Crippen LogP contribution is -2.38. The van der Waals surface area contributed by atoms with Gasteiger partial charge < -0.3 is 4.74 Å². The molecule has 1 heteroatoms. The van der Waals surface area contributed by atoms with Crippen LogP contribution in [0.25, 0.3) is 0 Å². The van der Waals surface area contributed by atoms with Crippen LogP contribution in [-0.2, 0) is 4.74 Å². The van der Waals surface area contributed by atoms with Crippen LogP contribution in [0.4, 0.5) is 0 Å². The average molecular weight is 138 g/mol. The quantitative estimate of drug-likeness (QED) is 0.541. The highest BCUT2D eigenvalue weighted by atomic mass is 16.5. The van der Waals surface area contributed by atoms with Crippen molar-refractivity contribution in [2.24, 2.45) is 5.92 Å². The molecule has 1 aliphatic rings. The van der Waals surface area contributed by atoms with Gasteiger partial charge in [-0.3, -0.25) is 0 Å². The van der Waals surface area contributed by atoms with Gasteiger partial charge in [-0.25, -0.2) is 0 Å². The molecule has 56 valence electrons. The number of ether oxygens (including phenoxy) is 1. The van der Waals surface area contributed by atoms with E-state index in [9.17, 15) is 0 Å². The van der Waals surface area contributed by atoms with E-state index in [2.05, 4.69) is 13.2 Å². The van der Waals surface area contributed by atoms with Crippen LogP contribution in [0.3, 0.4) is 0 Å². The molecule has 2 atom stereocenters. The highest BCUT2D eigenvalue weighted by Gasteiger charge is 2.29. The molecular formula is C9H14O. The fourth-order valence-corrected chi connectivity index (χ4v) is 1.23. The highest BCUT2D eigenvalue weighted by molar-refractivity contribution is 4.88. The van der Waals surface area contributed by atoms with E-state index in [1.54, 1.807) is 0 Å². The maximum absolute atomic E-state index is 5.32. The third kappa shape index (κ3) is 1.48. The molecule has 1 nitrogen and oxygen atoms in total. The summed E-state index contributed by atoms with van der Waals surface area (Å²) >= 11 is 0. The molecule has 1 fully saturated rings. The summed E-state index contributed by atoms with van der Waals surface area (Å²) in [6.45, 7) is 8.27. The van der Waals surface area contributed by atoms with Crippen LogP contribution in [0.15, 0.2) is 25.3 Å². The zero-order valence-electron chi connectivity index (χ0n) is 6.25. The summed E-state index contributed by atoms with van der Waals surface area (Å²) in [6.07, 6.45) is 6.37. The SMILES string of the molecule is C=CCC1COC1CC=C. The van der Waals surface area contributed by atoms with Crippen LogP contribution in [0, 0.1) is 5.92 Å². The molecule has 1 saturated heterocycles. The molecule has 0 aromatic carbocycles. The number of allylic oxidation sites excluding steroid dienone is 1. The Kier molecular flexibility index (Phi) is 2.69. The van der Waals surface area contributed by atoms with Gasteiger partial charge >= 0.3 is 0 Å². The second-order valence-corrected chi connectivity index (χ2v) is 2.68. The van der Waals surface area contributed by atoms with E-state index in [0.717, 1.165) is 19.4 Å². The highest BCUT2D eigenvalue weighted by Crippen LogP contribution is 2.26. The first-order valence-corrected chi connectivity index (χ1v) is 3.72. The second kappa shape index (κ2) is 3.57. The van der Waals surface area contributed by atoms with Crippen molar-refractivity contribution in [2.45, 2.75) is 18.9 Å². The second-order valence-electron chi connectivity index (χ2n) is 2.68. The zero-order chi connectivity index (χ0) is 7.40. The van der Waals surface area contributed by atoms with E-state index in [4.69, 9.17) is 4.74 Å². The Morgan fingerprint density at radius 1 is 1.30 bits per heavy atom.